The van der Waals surface area contributed by atoms with Crippen LogP contribution in [-0.2, 0) is 17.8 Å². The molecule has 0 aliphatic carbocycles. The van der Waals surface area contributed by atoms with Crippen molar-refractivity contribution in [1.82, 2.24) is 24.6 Å². The number of hydrogen-bond donors (Lipinski definition) is 4. The summed E-state index contributed by atoms with van der Waals surface area (Å²) in [4.78, 5) is 50.4. The molecule has 182 valence electrons. The molecule has 0 atom stereocenters. The molecular formula is C20H17ClFN7O6. The number of carbonyl (C=O) groups excluding carboxylic acids is 1. The first-order valence-electron chi connectivity index (χ1n) is 9.64. The van der Waals surface area contributed by atoms with Crippen LogP contribution in [0.15, 0.2) is 40.1 Å². The smallest absolute Gasteiger partial charge is 0.356 e. The summed E-state index contributed by atoms with van der Waals surface area (Å²) in [5.41, 5.74) is 4.94. The lowest BCUT2D eigenvalue weighted by atomic mass is 10.1. The van der Waals surface area contributed by atoms with Gasteiger partial charge >= 0.3 is 11.9 Å². The molecule has 0 aliphatic heterocycles. The summed E-state index contributed by atoms with van der Waals surface area (Å²) >= 11 is 5.38. The number of hydrogen-bond acceptors (Lipinski definition) is 11. The maximum absolute atomic E-state index is 13.6. The zero-order chi connectivity index (χ0) is 25.7. The van der Waals surface area contributed by atoms with Crippen molar-refractivity contribution in [2.45, 2.75) is 13.1 Å². The van der Waals surface area contributed by atoms with E-state index >= 15 is 0 Å². The van der Waals surface area contributed by atoms with Crippen LogP contribution < -0.4 is 26.7 Å². The number of nitrogens with one attached hydrogen (secondary N) is 2. The van der Waals surface area contributed by atoms with Gasteiger partial charge in [0, 0.05) is 24.7 Å². The number of carbonyl (C=O) groups is 2. The molecule has 2 aromatic heterocycles. The number of nitrogens with two attached hydrogens (primary N) is 1. The minimum atomic E-state index is -1.24. The number of carboxylic acids is 1. The highest BCUT2D eigenvalue weighted by atomic mass is 35.5. The third-order valence-corrected chi connectivity index (χ3v) is 4.80. The number of halogens is 2. The van der Waals surface area contributed by atoms with Crippen LogP contribution >= 0.6 is 11.8 Å². The quantitative estimate of drug-likeness (QED) is 0.154. The predicted molar refractivity (Wildman–Crippen MR) is 121 cm³/mol. The number of ether oxygens (including phenoxy) is 1. The Balaban J connectivity index is 0.000000198. The summed E-state index contributed by atoms with van der Waals surface area (Å²) in [5.74, 6) is -2.36. The number of aromatic nitrogens is 4. The summed E-state index contributed by atoms with van der Waals surface area (Å²) in [6.45, 7) is 0.452. The number of carboxylic acid groups (broad SMARTS) is 1. The number of esters is 1. The Bertz CT molecular complexity index is 1480. The van der Waals surface area contributed by atoms with Gasteiger partial charge in [0.15, 0.2) is 17.0 Å². The van der Waals surface area contributed by atoms with Crippen LogP contribution in [0.2, 0.25) is 0 Å². The monoisotopic (exact) mass is 505 g/mol. The zero-order valence-corrected chi connectivity index (χ0v) is 18.7. The summed E-state index contributed by atoms with van der Waals surface area (Å²) < 4.78 is 19.2. The Labute approximate surface area is 200 Å². The number of rotatable bonds is 7. The molecule has 2 aromatic carbocycles. The molecule has 4 aromatic rings. The van der Waals surface area contributed by atoms with E-state index in [1.165, 1.54) is 19.4 Å². The van der Waals surface area contributed by atoms with Crippen LogP contribution in [0.3, 0.4) is 0 Å². The number of benzene rings is 1. The van der Waals surface area contributed by atoms with Crippen LogP contribution in [0.5, 0.6) is 0 Å². The Morgan fingerprint density at radius 2 is 1.97 bits per heavy atom. The van der Waals surface area contributed by atoms with Gasteiger partial charge in [-0.25, -0.2) is 23.8 Å². The first kappa shape index (κ1) is 25.2. The molecule has 35 heavy (non-hydrogen) atoms. The van der Waals surface area contributed by atoms with Crippen LogP contribution in [0, 0.1) is 5.82 Å². The largest absolute Gasteiger partial charge is 0.477 e. The van der Waals surface area contributed by atoms with Gasteiger partial charge in [-0.15, -0.1) is 5.10 Å². The SMILES string of the molecule is COC(=O)c1cc(C(=O)O)nc2cnnn12.Nc1c(NCc2cc(CNCl)ccc2F)c(=O)c1=O. The van der Waals surface area contributed by atoms with Crippen molar-refractivity contribution in [2.75, 3.05) is 18.2 Å². The van der Waals surface area contributed by atoms with Gasteiger partial charge in [-0.1, -0.05) is 11.3 Å². The van der Waals surface area contributed by atoms with Crippen molar-refractivity contribution in [2.24, 2.45) is 0 Å². The zero-order valence-electron chi connectivity index (χ0n) is 17.9. The fraction of sp³-hybridized carbons (Fsp3) is 0.150. The van der Waals surface area contributed by atoms with Crippen molar-refractivity contribution >= 4 is 40.7 Å². The topological polar surface area (TPSA) is 191 Å². The van der Waals surface area contributed by atoms with E-state index in [0.29, 0.717) is 12.1 Å². The van der Waals surface area contributed by atoms with E-state index in [2.05, 4.69) is 30.2 Å². The maximum Gasteiger partial charge on any atom is 0.356 e. The van der Waals surface area contributed by atoms with Crippen LogP contribution in [0.1, 0.15) is 32.1 Å². The Morgan fingerprint density at radius 3 is 2.60 bits per heavy atom. The Morgan fingerprint density at radius 1 is 1.23 bits per heavy atom. The molecular weight excluding hydrogens is 489 g/mol. The maximum atomic E-state index is 13.6. The first-order chi connectivity index (χ1) is 16.7. The Hall–Kier alpha value is -4.43. The molecule has 0 saturated carbocycles. The standard InChI is InChI=1S/C12H11ClFN3O2.C8H6N4O4/c13-17-4-6-1-2-8(14)7(3-6)5-16-10-9(15)11(18)12(10)19;1-16-8(15)5-2-4(7(13)14)10-6-3-9-11-12(5)6/h1-3,16-17H,4-5,15H2;2-3H,1H3,(H,13,14). The van der Waals surface area contributed by atoms with E-state index in [9.17, 15) is 23.6 Å². The van der Waals surface area contributed by atoms with Crippen molar-refractivity contribution in [3.8, 4) is 0 Å². The van der Waals surface area contributed by atoms with Gasteiger partial charge in [0.25, 0.3) is 10.9 Å². The highest BCUT2D eigenvalue weighted by Gasteiger charge is 2.18. The first-order valence-corrected chi connectivity index (χ1v) is 10.0. The normalized spacial score (nSPS) is 10.6. The second-order valence-electron chi connectivity index (χ2n) is 6.86. The average Bonchev–Trinajstić information content (AvgIpc) is 3.34. The fourth-order valence-electron chi connectivity index (χ4n) is 2.90. The van der Waals surface area contributed by atoms with Crippen LogP contribution in [-0.4, -0.2) is 44.0 Å². The minimum Gasteiger partial charge on any atom is -0.477 e. The molecule has 13 nitrogen and oxygen atoms in total. The third-order valence-electron chi connectivity index (χ3n) is 4.67. The van der Waals surface area contributed by atoms with E-state index < -0.39 is 28.6 Å². The Kier molecular flexibility index (Phi) is 7.68. The lowest BCUT2D eigenvalue weighted by Gasteiger charge is -2.11. The summed E-state index contributed by atoms with van der Waals surface area (Å²) in [7, 11) is 1.19. The second-order valence-corrected chi connectivity index (χ2v) is 7.13. The second kappa shape index (κ2) is 10.7. The van der Waals surface area contributed by atoms with E-state index in [1.54, 1.807) is 12.1 Å². The highest BCUT2D eigenvalue weighted by Crippen LogP contribution is 2.15. The fourth-order valence-corrected chi connectivity index (χ4v) is 3.06. The number of nitrogen functional groups attached to an aromatic ring is 1. The molecule has 0 aliphatic rings. The predicted octanol–water partition coefficient (Wildman–Crippen LogP) is 0.468. The van der Waals surface area contributed by atoms with E-state index in [4.69, 9.17) is 22.6 Å². The average molecular weight is 506 g/mol. The molecule has 0 saturated heterocycles. The number of methoxy groups -OCH3 is 1. The molecule has 0 fully saturated rings. The molecule has 0 spiro atoms. The van der Waals surface area contributed by atoms with Gasteiger partial charge in [-0.3, -0.25) is 9.59 Å². The van der Waals surface area contributed by atoms with Crippen molar-refractivity contribution in [3.05, 3.63) is 79.2 Å². The molecule has 0 bridgehead atoms. The number of anilines is 2. The minimum absolute atomic E-state index is 0.0394. The van der Waals surface area contributed by atoms with Crippen LogP contribution in [0.25, 0.3) is 5.65 Å². The van der Waals surface area contributed by atoms with Crippen LogP contribution in [0.4, 0.5) is 15.8 Å². The number of fused-ring (bicyclic) bond motifs is 1. The molecule has 2 heterocycles. The van der Waals surface area contributed by atoms with Gasteiger partial charge in [0.2, 0.25) is 0 Å². The summed E-state index contributed by atoms with van der Waals surface area (Å²) in [5, 5.41) is 18.6. The van der Waals surface area contributed by atoms with Gasteiger partial charge in [0.1, 0.15) is 17.2 Å². The van der Waals surface area contributed by atoms with Crippen molar-refractivity contribution < 1.29 is 23.8 Å². The molecule has 4 rings (SSSR count). The van der Waals surface area contributed by atoms with Gasteiger partial charge < -0.3 is 20.9 Å². The molecule has 15 heteroatoms. The van der Waals surface area contributed by atoms with E-state index in [0.717, 1.165) is 16.1 Å². The van der Waals surface area contributed by atoms with Crippen molar-refractivity contribution in [1.29, 1.82) is 0 Å². The lowest BCUT2D eigenvalue weighted by Crippen LogP contribution is -2.37. The molecule has 5 N–H and O–H groups in total. The van der Waals surface area contributed by atoms with Gasteiger partial charge in [-0.05, 0) is 29.5 Å². The van der Waals surface area contributed by atoms with E-state index in [-0.39, 0.29) is 35.0 Å². The van der Waals surface area contributed by atoms with Gasteiger partial charge in [0.05, 0.1) is 13.3 Å². The summed E-state index contributed by atoms with van der Waals surface area (Å²) in [6.07, 6.45) is 1.25. The number of aromatic carboxylic acids is 1. The lowest BCUT2D eigenvalue weighted by molar-refractivity contribution is 0.0590. The van der Waals surface area contributed by atoms with Crippen molar-refractivity contribution in [3.63, 3.8) is 0 Å². The van der Waals surface area contributed by atoms with E-state index in [1.807, 2.05) is 0 Å². The van der Waals surface area contributed by atoms with Gasteiger partial charge in [-0.2, -0.15) is 4.52 Å². The third kappa shape index (κ3) is 5.39. The molecule has 0 radical (unpaired) electrons. The highest BCUT2D eigenvalue weighted by molar-refractivity contribution is 6.13. The summed E-state index contributed by atoms with van der Waals surface area (Å²) in [6, 6.07) is 5.60. The number of nitrogens with zero attached hydrogens (tertiary/aromatic N) is 4. The molecule has 0 amide bonds. The molecule has 0 unspecified atom stereocenters.